The van der Waals surface area contributed by atoms with Gasteiger partial charge in [0.25, 0.3) is 10.0 Å². The molecule has 0 bridgehead atoms. The summed E-state index contributed by atoms with van der Waals surface area (Å²) in [7, 11) is -3.89. The first-order valence-corrected chi connectivity index (χ1v) is 9.89. The zero-order valence-electron chi connectivity index (χ0n) is 13.2. The van der Waals surface area contributed by atoms with E-state index < -0.39 is 21.8 Å². The highest BCUT2D eigenvalue weighted by atomic mass is 79.9. The summed E-state index contributed by atoms with van der Waals surface area (Å²) >= 11 is 8.74. The van der Waals surface area contributed by atoms with Crippen LogP contribution >= 0.6 is 27.5 Å². The predicted molar refractivity (Wildman–Crippen MR) is 100 cm³/mol. The maximum atomic E-state index is 12.9. The van der Waals surface area contributed by atoms with Crippen LogP contribution in [0.15, 0.2) is 57.9 Å². The van der Waals surface area contributed by atoms with Crippen molar-refractivity contribution in [2.45, 2.75) is 24.7 Å². The van der Waals surface area contributed by atoms with Crippen molar-refractivity contribution in [1.82, 2.24) is 0 Å². The number of anilines is 1. The molecule has 0 heterocycles. The lowest BCUT2D eigenvalue weighted by molar-refractivity contribution is -0.110. The Bertz CT molecular complexity index is 818. The van der Waals surface area contributed by atoms with Gasteiger partial charge >= 0.3 is 0 Å². The normalized spacial score (nSPS) is 11.5. The molecule has 0 spiro atoms. The molecule has 7 heteroatoms. The van der Waals surface area contributed by atoms with Crippen molar-refractivity contribution in [1.29, 1.82) is 0 Å². The Morgan fingerprint density at radius 3 is 2.08 bits per heavy atom. The molecule has 0 atom stereocenters. The van der Waals surface area contributed by atoms with Gasteiger partial charge in [-0.15, -0.1) is 0 Å². The molecule has 2 aromatic carbocycles. The van der Waals surface area contributed by atoms with Gasteiger partial charge in [0.05, 0.1) is 10.6 Å². The quantitative estimate of drug-likeness (QED) is 0.633. The second kappa shape index (κ2) is 7.68. The van der Waals surface area contributed by atoms with E-state index >= 15 is 0 Å². The van der Waals surface area contributed by atoms with Crippen LogP contribution in [0.4, 0.5) is 5.69 Å². The number of sulfonamides is 1. The highest BCUT2D eigenvalue weighted by molar-refractivity contribution is 9.10. The summed E-state index contributed by atoms with van der Waals surface area (Å²) in [4.78, 5) is 11.5. The highest BCUT2D eigenvalue weighted by Gasteiger charge is 2.26. The fourth-order valence-corrected chi connectivity index (χ4v) is 4.06. The first-order chi connectivity index (χ1) is 11.2. The standard InChI is InChI=1S/C17H17BrClNO3S/c1-12(2)13-3-7-15(8-4-13)20(11-17(19)21)24(22,23)16-9-5-14(18)6-10-16/h3-10,12H,11H2,1-2H3. The number of benzene rings is 2. The Kier molecular flexibility index (Phi) is 6.06. The van der Waals surface area contributed by atoms with Crippen LogP contribution in [0.1, 0.15) is 25.3 Å². The topological polar surface area (TPSA) is 54.5 Å². The Morgan fingerprint density at radius 2 is 1.62 bits per heavy atom. The molecule has 0 amide bonds. The van der Waals surface area contributed by atoms with E-state index in [9.17, 15) is 13.2 Å². The summed E-state index contributed by atoms with van der Waals surface area (Å²) < 4.78 is 27.6. The number of hydrogen-bond donors (Lipinski definition) is 0. The molecule has 0 saturated carbocycles. The third-order valence-electron chi connectivity index (χ3n) is 3.52. The van der Waals surface area contributed by atoms with E-state index in [4.69, 9.17) is 11.6 Å². The monoisotopic (exact) mass is 429 g/mol. The second-order valence-electron chi connectivity index (χ2n) is 5.57. The SMILES string of the molecule is CC(C)c1ccc(N(CC(=O)Cl)S(=O)(=O)c2ccc(Br)cc2)cc1. The maximum Gasteiger partial charge on any atom is 0.264 e. The van der Waals surface area contributed by atoms with Gasteiger partial charge in [-0.2, -0.15) is 0 Å². The van der Waals surface area contributed by atoms with E-state index in [2.05, 4.69) is 15.9 Å². The molecule has 0 unspecified atom stereocenters. The third-order valence-corrected chi connectivity index (χ3v) is 5.95. The van der Waals surface area contributed by atoms with Crippen molar-refractivity contribution < 1.29 is 13.2 Å². The minimum atomic E-state index is -3.89. The van der Waals surface area contributed by atoms with E-state index in [1.54, 1.807) is 24.3 Å². The molecule has 0 N–H and O–H groups in total. The van der Waals surface area contributed by atoms with Gasteiger partial charge in [-0.1, -0.05) is 41.9 Å². The van der Waals surface area contributed by atoms with E-state index in [1.165, 1.54) is 12.1 Å². The number of rotatable bonds is 6. The maximum absolute atomic E-state index is 12.9. The molecule has 0 aliphatic heterocycles. The summed E-state index contributed by atoms with van der Waals surface area (Å²) in [6, 6.07) is 13.3. The van der Waals surface area contributed by atoms with Gasteiger partial charge in [0.15, 0.2) is 0 Å². The lowest BCUT2D eigenvalue weighted by atomic mass is 10.0. The molecule has 0 aromatic heterocycles. The zero-order chi connectivity index (χ0) is 17.9. The van der Waals surface area contributed by atoms with Gasteiger partial charge in [0.1, 0.15) is 6.54 Å². The largest absolute Gasteiger partial charge is 0.279 e. The van der Waals surface area contributed by atoms with Gasteiger partial charge in [0.2, 0.25) is 5.24 Å². The lowest BCUT2D eigenvalue weighted by Gasteiger charge is -2.23. The summed E-state index contributed by atoms with van der Waals surface area (Å²) in [5.74, 6) is 0.324. The molecule has 0 aliphatic rings. The summed E-state index contributed by atoms with van der Waals surface area (Å²) in [5.41, 5.74) is 1.48. The first-order valence-electron chi connectivity index (χ1n) is 7.28. The van der Waals surface area contributed by atoms with Crippen molar-refractivity contribution in [3.8, 4) is 0 Å². The number of nitrogens with zero attached hydrogens (tertiary/aromatic N) is 1. The molecule has 0 saturated heterocycles. The van der Waals surface area contributed by atoms with Gasteiger partial charge < -0.3 is 0 Å². The van der Waals surface area contributed by atoms with Gasteiger partial charge in [0, 0.05) is 4.47 Å². The van der Waals surface area contributed by atoms with Crippen LogP contribution in [-0.2, 0) is 14.8 Å². The van der Waals surface area contributed by atoms with Gasteiger partial charge in [-0.25, -0.2) is 8.42 Å². The molecule has 24 heavy (non-hydrogen) atoms. The Hall–Kier alpha value is -1.37. The van der Waals surface area contributed by atoms with Crippen molar-refractivity contribution in [3.05, 3.63) is 58.6 Å². The van der Waals surface area contributed by atoms with Crippen LogP contribution in [0, 0.1) is 0 Å². The van der Waals surface area contributed by atoms with E-state index in [0.717, 1.165) is 14.3 Å². The minimum Gasteiger partial charge on any atom is -0.279 e. The lowest BCUT2D eigenvalue weighted by Crippen LogP contribution is -2.34. The van der Waals surface area contributed by atoms with E-state index in [-0.39, 0.29) is 4.90 Å². The van der Waals surface area contributed by atoms with Crippen LogP contribution in [0.25, 0.3) is 0 Å². The average Bonchev–Trinajstić information content (AvgIpc) is 2.53. The van der Waals surface area contributed by atoms with Crippen molar-refractivity contribution in [2.75, 3.05) is 10.8 Å². The molecule has 0 aliphatic carbocycles. The van der Waals surface area contributed by atoms with Crippen LogP contribution in [0.3, 0.4) is 0 Å². The number of halogens is 2. The summed E-state index contributed by atoms with van der Waals surface area (Å²) in [6.07, 6.45) is 0. The van der Waals surface area contributed by atoms with Crippen LogP contribution < -0.4 is 4.31 Å². The van der Waals surface area contributed by atoms with E-state index in [1.807, 2.05) is 26.0 Å². The summed E-state index contributed by atoms with van der Waals surface area (Å²) in [5, 5.41) is -0.747. The van der Waals surface area contributed by atoms with Crippen LogP contribution in [0.2, 0.25) is 0 Å². The molecular formula is C17H17BrClNO3S. The van der Waals surface area contributed by atoms with Crippen molar-refractivity contribution >= 4 is 48.5 Å². The number of carbonyl (C=O) groups is 1. The third kappa shape index (κ3) is 4.37. The molecule has 128 valence electrons. The molecule has 0 radical (unpaired) electrons. The fraction of sp³-hybridized carbons (Fsp3) is 0.235. The Morgan fingerprint density at radius 1 is 1.08 bits per heavy atom. The van der Waals surface area contributed by atoms with Gasteiger partial charge in [-0.3, -0.25) is 9.10 Å². The highest BCUT2D eigenvalue weighted by Crippen LogP contribution is 2.26. The molecule has 4 nitrogen and oxygen atoms in total. The second-order valence-corrected chi connectivity index (χ2v) is 8.77. The average molecular weight is 431 g/mol. The molecule has 2 rings (SSSR count). The van der Waals surface area contributed by atoms with E-state index in [0.29, 0.717) is 11.6 Å². The molecular weight excluding hydrogens is 414 g/mol. The minimum absolute atomic E-state index is 0.0940. The number of hydrogen-bond acceptors (Lipinski definition) is 3. The van der Waals surface area contributed by atoms with Crippen LogP contribution in [-0.4, -0.2) is 20.2 Å². The predicted octanol–water partition coefficient (Wildman–Crippen LogP) is 4.53. The first kappa shape index (κ1) is 19.0. The molecule has 0 fully saturated rings. The smallest absolute Gasteiger partial charge is 0.264 e. The summed E-state index contributed by atoms with van der Waals surface area (Å²) in [6.45, 7) is 3.67. The molecule has 2 aromatic rings. The van der Waals surface area contributed by atoms with Crippen molar-refractivity contribution in [2.24, 2.45) is 0 Å². The fourth-order valence-electron chi connectivity index (χ4n) is 2.19. The number of carbonyl (C=O) groups excluding carboxylic acids is 1. The Labute approximate surface area is 155 Å². The zero-order valence-corrected chi connectivity index (χ0v) is 16.4. The van der Waals surface area contributed by atoms with Crippen LogP contribution in [0.5, 0.6) is 0 Å². The Balaban J connectivity index is 2.47. The van der Waals surface area contributed by atoms with Crippen molar-refractivity contribution in [3.63, 3.8) is 0 Å². The van der Waals surface area contributed by atoms with Gasteiger partial charge in [-0.05, 0) is 59.5 Å².